The Hall–Kier alpha value is -5.22. The van der Waals surface area contributed by atoms with Crippen LogP contribution in [-0.4, -0.2) is 52.7 Å². The predicted octanol–water partition coefficient (Wildman–Crippen LogP) is 6.26. The van der Waals surface area contributed by atoms with Gasteiger partial charge in [0.2, 0.25) is 23.6 Å². The molecule has 268 valence electrons. The first-order valence-electron chi connectivity index (χ1n) is 16.0. The Morgan fingerprint density at radius 2 is 1.58 bits per heavy atom. The molecule has 3 aromatic rings. The molecule has 0 radical (unpaired) electrons. The van der Waals surface area contributed by atoms with E-state index in [0.717, 1.165) is 34.1 Å². The highest BCUT2D eigenvalue weighted by molar-refractivity contribution is 9.10. The van der Waals surface area contributed by atoms with Crippen LogP contribution < -0.4 is 14.7 Å². The molecule has 3 aromatic carbocycles. The summed E-state index contributed by atoms with van der Waals surface area (Å²) in [6.45, 7) is 1.61. The Labute approximate surface area is 307 Å². The van der Waals surface area contributed by atoms with Gasteiger partial charge >= 0.3 is 11.4 Å². The second-order valence-corrected chi connectivity index (χ2v) is 15.0. The van der Waals surface area contributed by atoms with Crippen molar-refractivity contribution < 1.29 is 38.5 Å². The number of phenolic OH excluding ortho intramolecular Hbond substituents is 1. The molecule has 4 aliphatic rings. The average Bonchev–Trinajstić information content (AvgIpc) is 3.45. The lowest BCUT2D eigenvalue weighted by Crippen LogP contribution is -2.48. The zero-order chi connectivity index (χ0) is 37.7. The quantitative estimate of drug-likeness (QED) is 0.129. The molecule has 0 spiro atoms. The normalized spacial score (nSPS) is 26.6. The number of anilines is 3. The van der Waals surface area contributed by atoms with Crippen molar-refractivity contribution in [3.63, 3.8) is 0 Å². The first-order chi connectivity index (χ1) is 24.5. The molecule has 7 rings (SSSR count). The number of benzene rings is 3. The van der Waals surface area contributed by atoms with Gasteiger partial charge in [-0.1, -0.05) is 39.2 Å². The topological polar surface area (TPSA) is 185 Å². The summed E-state index contributed by atoms with van der Waals surface area (Å²) in [5, 5.41) is 35.1. The maximum absolute atomic E-state index is 14.6. The van der Waals surface area contributed by atoms with Gasteiger partial charge in [-0.15, -0.1) is 0 Å². The van der Waals surface area contributed by atoms with Crippen LogP contribution in [0.4, 0.5) is 32.8 Å². The average molecular weight is 797 g/mol. The van der Waals surface area contributed by atoms with Crippen LogP contribution in [0.3, 0.4) is 0 Å². The summed E-state index contributed by atoms with van der Waals surface area (Å²) in [7, 11) is 2.78. The summed E-state index contributed by atoms with van der Waals surface area (Å²) in [5.74, 6) is -8.72. The van der Waals surface area contributed by atoms with E-state index >= 15 is 0 Å². The SMILES string of the molecule is CN(C)c1c([N+](=O)[O-])cc(N2C(=O)[C@H]3[C@H](CC=C4[C@H]3C[C@H]3C(=O)N(c5ccc(F)c(Cl)c5)C(=O)[C@@]3(C)[C@H]4c3cc(Br)ccc3O)C2=O)cc1[N+](=O)[O-]. The van der Waals surface area contributed by atoms with Crippen LogP contribution in [-0.2, 0) is 19.2 Å². The third-order valence-corrected chi connectivity index (χ3v) is 11.7. The Balaban J connectivity index is 1.37. The number of hydrogen-bond donors (Lipinski definition) is 1. The first-order valence-corrected chi connectivity index (χ1v) is 17.2. The smallest absolute Gasteiger partial charge is 0.301 e. The van der Waals surface area contributed by atoms with Gasteiger partial charge in [0.05, 0.1) is 49.4 Å². The highest BCUT2D eigenvalue weighted by Gasteiger charge is 2.68. The summed E-state index contributed by atoms with van der Waals surface area (Å²) in [6.07, 6.45) is 1.67. The highest BCUT2D eigenvalue weighted by atomic mass is 79.9. The van der Waals surface area contributed by atoms with Crippen molar-refractivity contribution in [1.29, 1.82) is 0 Å². The molecule has 3 fully saturated rings. The van der Waals surface area contributed by atoms with E-state index in [2.05, 4.69) is 15.9 Å². The number of rotatable bonds is 6. The lowest BCUT2D eigenvalue weighted by molar-refractivity contribution is -0.392. The minimum atomic E-state index is -1.53. The Kier molecular flexibility index (Phi) is 8.25. The molecular weight excluding hydrogens is 769 g/mol. The maximum atomic E-state index is 14.6. The van der Waals surface area contributed by atoms with Crippen LogP contribution >= 0.6 is 27.5 Å². The van der Waals surface area contributed by atoms with Crippen LogP contribution in [0, 0.1) is 55.1 Å². The number of carbonyl (C=O) groups excluding carboxylic acids is 4. The van der Waals surface area contributed by atoms with E-state index in [-0.39, 0.29) is 46.2 Å². The van der Waals surface area contributed by atoms with Gasteiger partial charge in [0.1, 0.15) is 11.6 Å². The number of nitro benzene ring substituents is 2. The van der Waals surface area contributed by atoms with Crippen LogP contribution in [0.5, 0.6) is 5.75 Å². The fourth-order valence-electron chi connectivity index (χ4n) is 8.70. The Morgan fingerprint density at radius 1 is 0.923 bits per heavy atom. The summed E-state index contributed by atoms with van der Waals surface area (Å²) in [6, 6.07) is 9.99. The van der Waals surface area contributed by atoms with E-state index < -0.39 is 85.7 Å². The standard InChI is InChI=1S/C35H28BrClFN5O9/c1-35-22(32(46)41(34(35)48)16-5-8-24(38)23(37)11-16)14-20-18(29(35)21-10-15(36)4-9-27(21)44)6-7-19-28(20)33(47)40(31(19)45)17-12-25(42(49)50)30(39(2)3)26(13-17)43(51)52/h4-6,8-13,19-20,22,28-29,44H,7,14H2,1-3H3/t19-,20+,22-,28-,29+,35+/m0/s1. The number of phenols is 1. The molecule has 4 amide bonds. The van der Waals surface area contributed by atoms with Crippen molar-refractivity contribution in [2.75, 3.05) is 28.8 Å². The fourth-order valence-corrected chi connectivity index (χ4v) is 9.25. The number of imide groups is 2. The van der Waals surface area contributed by atoms with E-state index in [9.17, 15) is 48.9 Å². The number of fused-ring (bicyclic) bond motifs is 4. The van der Waals surface area contributed by atoms with Crippen molar-refractivity contribution >= 4 is 79.6 Å². The van der Waals surface area contributed by atoms with Crippen LogP contribution in [0.25, 0.3) is 0 Å². The van der Waals surface area contributed by atoms with E-state index in [1.165, 1.54) is 31.1 Å². The molecule has 2 saturated heterocycles. The van der Waals surface area contributed by atoms with Crippen molar-refractivity contribution in [1.82, 2.24) is 0 Å². The van der Waals surface area contributed by atoms with Gasteiger partial charge in [-0.2, -0.15) is 0 Å². The summed E-state index contributed by atoms with van der Waals surface area (Å²) in [4.78, 5) is 82.9. The van der Waals surface area contributed by atoms with Gasteiger partial charge in [0.25, 0.3) is 0 Å². The number of nitro groups is 2. The molecule has 2 heterocycles. The van der Waals surface area contributed by atoms with Gasteiger partial charge in [0.15, 0.2) is 5.69 Å². The van der Waals surface area contributed by atoms with E-state index in [4.69, 9.17) is 11.6 Å². The number of carbonyl (C=O) groups is 4. The highest BCUT2D eigenvalue weighted by Crippen LogP contribution is 2.64. The minimum Gasteiger partial charge on any atom is -0.508 e. The zero-order valence-electron chi connectivity index (χ0n) is 27.6. The fraction of sp³-hybridized carbons (Fsp3) is 0.314. The number of aromatic hydroxyl groups is 1. The molecule has 17 heteroatoms. The second kappa shape index (κ2) is 12.2. The molecule has 2 aliphatic heterocycles. The third-order valence-electron chi connectivity index (χ3n) is 10.9. The van der Waals surface area contributed by atoms with E-state index in [1.54, 1.807) is 25.1 Å². The maximum Gasteiger partial charge on any atom is 0.301 e. The molecule has 52 heavy (non-hydrogen) atoms. The van der Waals surface area contributed by atoms with Crippen molar-refractivity contribution in [3.8, 4) is 5.75 Å². The largest absolute Gasteiger partial charge is 0.508 e. The predicted molar refractivity (Wildman–Crippen MR) is 188 cm³/mol. The van der Waals surface area contributed by atoms with Gasteiger partial charge in [-0.05, 0) is 62.1 Å². The van der Waals surface area contributed by atoms with Crippen LogP contribution in [0.1, 0.15) is 31.2 Å². The number of allylic oxidation sites excluding steroid dienone is 2. The summed E-state index contributed by atoms with van der Waals surface area (Å²) in [5.41, 5.74) is -2.70. The van der Waals surface area contributed by atoms with Gasteiger partial charge in [-0.25, -0.2) is 14.2 Å². The lowest BCUT2D eigenvalue weighted by Gasteiger charge is -2.49. The molecule has 0 unspecified atom stereocenters. The van der Waals surface area contributed by atoms with Crippen molar-refractivity contribution in [2.24, 2.45) is 29.1 Å². The number of amides is 4. The van der Waals surface area contributed by atoms with Crippen molar-refractivity contribution in [3.05, 3.63) is 101 Å². The minimum absolute atomic E-state index is 0.00295. The molecule has 1 saturated carbocycles. The molecule has 14 nitrogen and oxygen atoms in total. The Morgan fingerprint density at radius 3 is 2.17 bits per heavy atom. The third kappa shape index (κ3) is 4.94. The van der Waals surface area contributed by atoms with Gasteiger partial charge in [0, 0.05) is 42.2 Å². The zero-order valence-corrected chi connectivity index (χ0v) is 29.9. The van der Waals surface area contributed by atoms with E-state index in [1.807, 2.05) is 0 Å². The molecular formula is C35H28BrClFN5O9. The molecule has 2 aliphatic carbocycles. The molecule has 0 bridgehead atoms. The first kappa shape index (κ1) is 35.2. The second-order valence-electron chi connectivity index (χ2n) is 13.7. The number of hydrogen-bond acceptors (Lipinski definition) is 10. The molecule has 0 aromatic heterocycles. The molecule has 6 atom stereocenters. The van der Waals surface area contributed by atoms with Crippen LogP contribution in [0.2, 0.25) is 5.02 Å². The lowest BCUT2D eigenvalue weighted by atomic mass is 9.51. The number of halogens is 3. The van der Waals surface area contributed by atoms with Crippen LogP contribution in [0.15, 0.2) is 64.7 Å². The Bertz CT molecular complexity index is 2180. The van der Waals surface area contributed by atoms with Crippen molar-refractivity contribution in [2.45, 2.75) is 25.7 Å². The van der Waals surface area contributed by atoms with Gasteiger partial charge in [-0.3, -0.25) is 39.4 Å². The molecule has 1 N–H and O–H groups in total. The summed E-state index contributed by atoms with van der Waals surface area (Å²) < 4.78 is 14.7. The summed E-state index contributed by atoms with van der Waals surface area (Å²) >= 11 is 9.47. The monoisotopic (exact) mass is 795 g/mol. The van der Waals surface area contributed by atoms with Gasteiger partial charge < -0.3 is 10.0 Å². The van der Waals surface area contributed by atoms with E-state index in [0.29, 0.717) is 10.0 Å². The number of nitrogens with zero attached hydrogens (tertiary/aromatic N) is 5.